The zero-order valence-electron chi connectivity index (χ0n) is 13.1. The minimum atomic E-state index is -0.351. The fraction of sp³-hybridized carbons (Fsp3) is 0.176. The summed E-state index contributed by atoms with van der Waals surface area (Å²) in [7, 11) is 0. The van der Waals surface area contributed by atoms with Crippen LogP contribution in [0, 0.1) is 0 Å². The number of benzene rings is 2. The van der Waals surface area contributed by atoms with E-state index in [2.05, 4.69) is 10.3 Å². The smallest absolute Gasteiger partial charge is 0.257 e. The number of ether oxygens (including phenoxy) is 1. The fourth-order valence-corrected chi connectivity index (χ4v) is 3.89. The number of thiazole rings is 1. The van der Waals surface area contributed by atoms with Crippen molar-refractivity contribution in [1.82, 2.24) is 4.98 Å². The van der Waals surface area contributed by atoms with Crippen molar-refractivity contribution in [3.8, 4) is 5.75 Å². The molecule has 25 heavy (non-hydrogen) atoms. The van der Waals surface area contributed by atoms with Crippen LogP contribution >= 0.6 is 46.1 Å². The van der Waals surface area contributed by atoms with Gasteiger partial charge in [-0.1, -0.05) is 53.1 Å². The lowest BCUT2D eigenvalue weighted by molar-refractivity contribution is 0.102. The molecule has 4 nitrogen and oxygen atoms in total. The first-order chi connectivity index (χ1) is 12.0. The molecule has 1 N–H and O–H groups in total. The highest BCUT2D eigenvalue weighted by atomic mass is 35.5. The van der Waals surface area contributed by atoms with E-state index in [9.17, 15) is 4.79 Å². The summed E-state index contributed by atoms with van der Waals surface area (Å²) in [5.41, 5.74) is 1.10. The van der Waals surface area contributed by atoms with Crippen molar-refractivity contribution in [2.24, 2.45) is 0 Å². The van der Waals surface area contributed by atoms with Gasteiger partial charge >= 0.3 is 0 Å². The maximum absolute atomic E-state index is 12.5. The number of hydrogen-bond donors (Lipinski definition) is 1. The van der Waals surface area contributed by atoms with E-state index in [4.69, 9.17) is 39.5 Å². The second kappa shape index (κ2) is 7.79. The molecule has 0 aliphatic carbocycles. The normalized spacial score (nSPS) is 10.9. The average molecular weight is 416 g/mol. The number of hydrogen-bond acceptors (Lipinski definition) is 4. The van der Waals surface area contributed by atoms with Crippen LogP contribution < -0.4 is 10.1 Å². The Bertz CT molecular complexity index is 920. The van der Waals surface area contributed by atoms with E-state index in [1.165, 1.54) is 23.5 Å². The first-order valence-electron chi connectivity index (χ1n) is 7.47. The second-order valence-electron chi connectivity index (χ2n) is 5.20. The molecule has 3 aromatic rings. The van der Waals surface area contributed by atoms with Crippen molar-refractivity contribution in [3.05, 3.63) is 51.0 Å². The second-order valence-corrected chi connectivity index (χ2v) is 7.48. The van der Waals surface area contributed by atoms with Gasteiger partial charge in [0.25, 0.3) is 5.91 Å². The third kappa shape index (κ3) is 4.18. The third-order valence-electron chi connectivity index (χ3n) is 3.28. The van der Waals surface area contributed by atoms with Crippen molar-refractivity contribution in [1.29, 1.82) is 0 Å². The van der Waals surface area contributed by atoms with Crippen LogP contribution in [0.3, 0.4) is 0 Å². The number of anilines is 1. The highest BCUT2D eigenvalue weighted by molar-refractivity contribution is 7.22. The van der Waals surface area contributed by atoms with Crippen LogP contribution in [0.1, 0.15) is 23.7 Å². The lowest BCUT2D eigenvalue weighted by Crippen LogP contribution is -2.12. The van der Waals surface area contributed by atoms with Gasteiger partial charge in [0.1, 0.15) is 0 Å². The largest absolute Gasteiger partial charge is 0.490 e. The summed E-state index contributed by atoms with van der Waals surface area (Å²) < 4.78 is 6.39. The van der Waals surface area contributed by atoms with Gasteiger partial charge in [0.05, 0.1) is 26.9 Å². The molecule has 1 amide bonds. The number of carbonyl (C=O) groups excluding carboxylic acids is 1. The van der Waals surface area contributed by atoms with Gasteiger partial charge in [-0.2, -0.15) is 0 Å². The highest BCUT2D eigenvalue weighted by Gasteiger charge is 2.15. The van der Waals surface area contributed by atoms with Gasteiger partial charge in [-0.15, -0.1) is 0 Å². The van der Waals surface area contributed by atoms with E-state index >= 15 is 0 Å². The van der Waals surface area contributed by atoms with Gasteiger partial charge < -0.3 is 4.74 Å². The predicted octanol–water partition coefficient (Wildman–Crippen LogP) is 6.30. The van der Waals surface area contributed by atoms with Crippen LogP contribution in [0.25, 0.3) is 10.2 Å². The Balaban J connectivity index is 1.82. The van der Waals surface area contributed by atoms with Crippen molar-refractivity contribution in [3.63, 3.8) is 0 Å². The standard InChI is InChI=1S/C17H13Cl3N2O2S/c1-2-5-24-15-11(19)6-9(7-12(15)20)16(23)22-17-21-13-4-3-10(18)8-14(13)25-17/h3-4,6-8H,2,5H2,1H3,(H,21,22,23). The van der Waals surface area contributed by atoms with Crippen molar-refractivity contribution < 1.29 is 9.53 Å². The van der Waals surface area contributed by atoms with Crippen LogP contribution in [-0.4, -0.2) is 17.5 Å². The molecule has 0 spiro atoms. The number of aromatic nitrogens is 1. The van der Waals surface area contributed by atoms with Crippen molar-refractivity contribution in [2.45, 2.75) is 13.3 Å². The molecular weight excluding hydrogens is 403 g/mol. The Labute approximate surface area is 163 Å². The molecule has 3 rings (SSSR count). The number of amides is 1. The zero-order valence-corrected chi connectivity index (χ0v) is 16.2. The molecule has 0 fully saturated rings. The Hall–Kier alpha value is -1.53. The molecule has 130 valence electrons. The van der Waals surface area contributed by atoms with E-state index < -0.39 is 0 Å². The summed E-state index contributed by atoms with van der Waals surface area (Å²) >= 11 is 19.7. The van der Waals surface area contributed by atoms with Crippen LogP contribution in [0.2, 0.25) is 15.1 Å². The SMILES string of the molecule is CCCOc1c(Cl)cc(C(=O)Nc2nc3ccc(Cl)cc3s2)cc1Cl. The van der Waals surface area contributed by atoms with E-state index in [-0.39, 0.29) is 5.91 Å². The molecule has 8 heteroatoms. The number of nitrogens with one attached hydrogen (secondary N) is 1. The van der Waals surface area contributed by atoms with Crippen LogP contribution in [0.15, 0.2) is 30.3 Å². The highest BCUT2D eigenvalue weighted by Crippen LogP contribution is 2.35. The number of carbonyl (C=O) groups is 1. The summed E-state index contributed by atoms with van der Waals surface area (Å²) in [6.45, 7) is 2.48. The number of fused-ring (bicyclic) bond motifs is 1. The van der Waals surface area contributed by atoms with E-state index in [0.717, 1.165) is 16.6 Å². The first kappa shape index (κ1) is 18.3. The maximum Gasteiger partial charge on any atom is 0.257 e. The molecule has 1 aromatic heterocycles. The third-order valence-corrected chi connectivity index (χ3v) is 5.01. The van der Waals surface area contributed by atoms with Gasteiger partial charge in [0, 0.05) is 10.6 Å². The van der Waals surface area contributed by atoms with E-state index in [0.29, 0.717) is 38.1 Å². The van der Waals surface area contributed by atoms with Crippen LogP contribution in [-0.2, 0) is 0 Å². The van der Waals surface area contributed by atoms with Gasteiger partial charge in [-0.05, 0) is 36.8 Å². The predicted molar refractivity (Wildman–Crippen MR) is 105 cm³/mol. The van der Waals surface area contributed by atoms with Crippen LogP contribution in [0.4, 0.5) is 5.13 Å². The topological polar surface area (TPSA) is 51.2 Å². The molecule has 0 aliphatic heterocycles. The number of rotatable bonds is 5. The zero-order chi connectivity index (χ0) is 18.0. The van der Waals surface area contributed by atoms with Gasteiger partial charge in [0.2, 0.25) is 0 Å². The van der Waals surface area contributed by atoms with Gasteiger partial charge in [-0.3, -0.25) is 10.1 Å². The molecule has 0 bridgehead atoms. The van der Waals surface area contributed by atoms with E-state index in [1.807, 2.05) is 6.92 Å². The Kier molecular flexibility index (Phi) is 5.69. The summed E-state index contributed by atoms with van der Waals surface area (Å²) in [6, 6.07) is 8.41. The Morgan fingerprint density at radius 1 is 1.20 bits per heavy atom. The molecule has 0 saturated heterocycles. The average Bonchev–Trinajstić information content (AvgIpc) is 2.95. The minimum Gasteiger partial charge on any atom is -0.490 e. The molecule has 1 heterocycles. The first-order valence-corrected chi connectivity index (χ1v) is 9.42. The molecule has 0 atom stereocenters. The molecular formula is C17H13Cl3N2O2S. The summed E-state index contributed by atoms with van der Waals surface area (Å²) in [5, 5.41) is 4.43. The monoisotopic (exact) mass is 414 g/mol. The van der Waals surface area contributed by atoms with E-state index in [1.54, 1.807) is 18.2 Å². The molecule has 2 aromatic carbocycles. The molecule has 0 radical (unpaired) electrons. The quantitative estimate of drug-likeness (QED) is 0.532. The summed E-state index contributed by atoms with van der Waals surface area (Å²) in [5.74, 6) is 0.0346. The van der Waals surface area contributed by atoms with Crippen LogP contribution in [0.5, 0.6) is 5.75 Å². The Morgan fingerprint density at radius 2 is 1.92 bits per heavy atom. The Morgan fingerprint density at radius 3 is 2.60 bits per heavy atom. The van der Waals surface area contributed by atoms with Gasteiger partial charge in [0.15, 0.2) is 10.9 Å². The number of halogens is 3. The maximum atomic E-state index is 12.5. The summed E-state index contributed by atoms with van der Waals surface area (Å²) in [4.78, 5) is 16.8. The fourth-order valence-electron chi connectivity index (χ4n) is 2.15. The molecule has 0 aliphatic rings. The number of nitrogens with zero attached hydrogens (tertiary/aromatic N) is 1. The lowest BCUT2D eigenvalue weighted by Gasteiger charge is -2.10. The van der Waals surface area contributed by atoms with Crippen molar-refractivity contribution >= 4 is 67.4 Å². The summed E-state index contributed by atoms with van der Waals surface area (Å²) in [6.07, 6.45) is 0.830. The van der Waals surface area contributed by atoms with Gasteiger partial charge in [-0.25, -0.2) is 4.98 Å². The van der Waals surface area contributed by atoms with Crippen molar-refractivity contribution in [2.75, 3.05) is 11.9 Å². The minimum absolute atomic E-state index is 0.294. The molecule has 0 unspecified atom stereocenters. The molecule has 0 saturated carbocycles. The lowest BCUT2D eigenvalue weighted by atomic mass is 10.2.